The molecule has 0 bridgehead atoms. The van der Waals surface area contributed by atoms with E-state index in [-0.39, 0.29) is 51.8 Å². The summed E-state index contributed by atoms with van der Waals surface area (Å²) in [5.41, 5.74) is 0.717. The Labute approximate surface area is 177 Å². The van der Waals surface area contributed by atoms with Gasteiger partial charge >= 0.3 is 0 Å². The molecule has 30 heavy (non-hydrogen) atoms. The van der Waals surface area contributed by atoms with Crippen LogP contribution in [0.1, 0.15) is 23.5 Å². The van der Waals surface area contributed by atoms with Crippen molar-refractivity contribution in [3.63, 3.8) is 0 Å². The van der Waals surface area contributed by atoms with E-state index in [0.29, 0.717) is 29.7 Å². The molecule has 7 nitrogen and oxygen atoms in total. The second-order valence-corrected chi connectivity index (χ2v) is 7.85. The molecule has 154 valence electrons. The SMILES string of the molecule is CN1CCC(c2c(O)cc(O)c3c(=O)cc(-c4ccc(C#N)cc4Cl)oc23)C1CO. The van der Waals surface area contributed by atoms with E-state index in [1.807, 2.05) is 18.0 Å². The molecule has 2 heterocycles. The van der Waals surface area contributed by atoms with E-state index in [4.69, 9.17) is 21.3 Å². The topological polar surface area (TPSA) is 118 Å². The first-order valence-electron chi connectivity index (χ1n) is 9.39. The van der Waals surface area contributed by atoms with Gasteiger partial charge in [-0.1, -0.05) is 11.6 Å². The molecule has 0 aliphatic carbocycles. The van der Waals surface area contributed by atoms with Crippen molar-refractivity contribution < 1.29 is 19.7 Å². The number of nitriles is 1. The molecule has 8 heteroatoms. The van der Waals surface area contributed by atoms with Crippen LogP contribution in [0.15, 0.2) is 39.5 Å². The summed E-state index contributed by atoms with van der Waals surface area (Å²) in [6.07, 6.45) is 0.640. The zero-order valence-electron chi connectivity index (χ0n) is 16.1. The molecular formula is C22H19ClN2O5. The van der Waals surface area contributed by atoms with E-state index in [0.717, 1.165) is 6.07 Å². The number of aliphatic hydroxyl groups is 1. The molecular weight excluding hydrogens is 408 g/mol. The van der Waals surface area contributed by atoms with Crippen molar-refractivity contribution in [2.75, 3.05) is 20.2 Å². The number of benzene rings is 2. The average molecular weight is 427 g/mol. The standard InChI is InChI=1S/C22H19ClN2O5/c1-25-5-4-13(15(25)10-26)20-16(27)7-17(28)21-18(29)8-19(30-22(20)21)12-3-2-11(9-24)6-14(12)23/h2-3,6-8,13,15,26-28H,4-5,10H2,1H3. The minimum Gasteiger partial charge on any atom is -0.507 e. The Balaban J connectivity index is 2.00. The highest BCUT2D eigenvalue weighted by molar-refractivity contribution is 6.33. The molecule has 2 atom stereocenters. The number of fused-ring (bicyclic) bond motifs is 1. The van der Waals surface area contributed by atoms with Crippen molar-refractivity contribution in [2.24, 2.45) is 0 Å². The maximum Gasteiger partial charge on any atom is 0.197 e. The van der Waals surface area contributed by atoms with E-state index >= 15 is 0 Å². The van der Waals surface area contributed by atoms with Crippen LogP contribution in [0.4, 0.5) is 0 Å². The van der Waals surface area contributed by atoms with Gasteiger partial charge in [-0.25, -0.2) is 0 Å². The largest absolute Gasteiger partial charge is 0.507 e. The zero-order valence-corrected chi connectivity index (χ0v) is 16.8. The lowest BCUT2D eigenvalue weighted by molar-refractivity contribution is 0.172. The molecule has 2 unspecified atom stereocenters. The minimum absolute atomic E-state index is 0.0393. The summed E-state index contributed by atoms with van der Waals surface area (Å²) < 4.78 is 6.03. The maximum atomic E-state index is 12.9. The molecule has 0 amide bonds. The molecule has 3 N–H and O–H groups in total. The lowest BCUT2D eigenvalue weighted by atomic mass is 9.89. The normalized spacial score (nSPS) is 19.3. The third kappa shape index (κ3) is 3.19. The number of likely N-dealkylation sites (N-methyl/N-ethyl adjacent to an activating group) is 1. The van der Waals surface area contributed by atoms with Gasteiger partial charge in [0.1, 0.15) is 28.2 Å². The van der Waals surface area contributed by atoms with E-state index in [1.165, 1.54) is 12.1 Å². The van der Waals surface area contributed by atoms with Gasteiger partial charge < -0.3 is 24.6 Å². The van der Waals surface area contributed by atoms with Crippen molar-refractivity contribution in [3.05, 3.63) is 56.7 Å². The van der Waals surface area contributed by atoms with Crippen LogP contribution in [0, 0.1) is 11.3 Å². The summed E-state index contributed by atoms with van der Waals surface area (Å²) in [6.45, 7) is 0.567. The molecule has 1 saturated heterocycles. The van der Waals surface area contributed by atoms with Crippen LogP contribution in [-0.2, 0) is 0 Å². The Morgan fingerprint density at radius 1 is 1.27 bits per heavy atom. The number of likely N-dealkylation sites (tertiary alicyclic amines) is 1. The Kier molecular flexibility index (Phi) is 5.16. The second-order valence-electron chi connectivity index (χ2n) is 7.44. The van der Waals surface area contributed by atoms with E-state index in [1.54, 1.807) is 12.1 Å². The summed E-state index contributed by atoms with van der Waals surface area (Å²) >= 11 is 6.29. The van der Waals surface area contributed by atoms with E-state index in [9.17, 15) is 20.1 Å². The zero-order chi connectivity index (χ0) is 21.6. The van der Waals surface area contributed by atoms with Crippen molar-refractivity contribution in [1.29, 1.82) is 5.26 Å². The summed E-state index contributed by atoms with van der Waals surface area (Å²) in [4.78, 5) is 14.8. The maximum absolute atomic E-state index is 12.9. The van der Waals surface area contributed by atoms with Crippen molar-refractivity contribution in [2.45, 2.75) is 18.4 Å². The van der Waals surface area contributed by atoms with E-state index < -0.39 is 5.43 Å². The first-order valence-corrected chi connectivity index (χ1v) is 9.77. The molecule has 3 aromatic rings. The van der Waals surface area contributed by atoms with Crippen LogP contribution < -0.4 is 5.43 Å². The highest BCUT2D eigenvalue weighted by Gasteiger charge is 2.36. The van der Waals surface area contributed by atoms with Gasteiger partial charge in [0.25, 0.3) is 0 Å². The lowest BCUT2D eigenvalue weighted by Gasteiger charge is -2.24. The Hall–Kier alpha value is -3.05. The third-order valence-corrected chi connectivity index (χ3v) is 6.06. The van der Waals surface area contributed by atoms with Crippen molar-refractivity contribution in [1.82, 2.24) is 4.90 Å². The minimum atomic E-state index is -0.489. The third-order valence-electron chi connectivity index (χ3n) is 5.74. The summed E-state index contributed by atoms with van der Waals surface area (Å²) in [5, 5.41) is 40.0. The molecule has 1 aliphatic heterocycles. The number of phenolic OH excluding ortho intramolecular Hbond substituents is 2. The van der Waals surface area contributed by atoms with Crippen LogP contribution in [0.3, 0.4) is 0 Å². The second kappa shape index (κ2) is 7.65. The number of hydrogen-bond donors (Lipinski definition) is 3. The predicted octanol–water partition coefficient (Wildman–Crippen LogP) is 3.18. The van der Waals surface area contributed by atoms with Gasteiger partial charge in [0.15, 0.2) is 5.43 Å². The van der Waals surface area contributed by atoms with Gasteiger partial charge in [-0.3, -0.25) is 4.79 Å². The fourth-order valence-electron chi connectivity index (χ4n) is 4.21. The molecule has 4 rings (SSSR count). The fraction of sp³-hybridized carbons (Fsp3) is 0.273. The summed E-state index contributed by atoms with van der Waals surface area (Å²) in [7, 11) is 1.87. The van der Waals surface area contributed by atoms with Gasteiger partial charge in [-0.2, -0.15) is 5.26 Å². The van der Waals surface area contributed by atoms with Crippen LogP contribution in [-0.4, -0.2) is 46.5 Å². The molecule has 1 aliphatic rings. The Morgan fingerprint density at radius 2 is 2.03 bits per heavy atom. The molecule has 0 spiro atoms. The number of rotatable bonds is 3. The molecule has 1 aromatic heterocycles. The summed E-state index contributed by atoms with van der Waals surface area (Å²) in [5.74, 6) is -0.729. The molecule has 1 fully saturated rings. The first kappa shape index (κ1) is 20.2. The number of hydrogen-bond acceptors (Lipinski definition) is 7. The molecule has 0 radical (unpaired) electrons. The molecule has 2 aromatic carbocycles. The van der Waals surface area contributed by atoms with Gasteiger partial charge in [0, 0.05) is 35.2 Å². The smallest absolute Gasteiger partial charge is 0.197 e. The average Bonchev–Trinajstić information content (AvgIpc) is 3.07. The lowest BCUT2D eigenvalue weighted by Crippen LogP contribution is -2.32. The number of aliphatic hydroxyl groups excluding tert-OH is 1. The summed E-state index contributed by atoms with van der Waals surface area (Å²) in [6, 6.07) is 8.68. The van der Waals surface area contributed by atoms with Gasteiger partial charge in [-0.15, -0.1) is 0 Å². The highest BCUT2D eigenvalue weighted by Crippen LogP contribution is 2.44. The van der Waals surface area contributed by atoms with Gasteiger partial charge in [0.2, 0.25) is 0 Å². The number of phenols is 2. The number of nitrogens with zero attached hydrogens (tertiary/aromatic N) is 2. The van der Waals surface area contributed by atoms with Crippen molar-refractivity contribution in [3.8, 4) is 28.9 Å². The molecule has 0 saturated carbocycles. The quantitative estimate of drug-likeness (QED) is 0.588. The first-order chi connectivity index (χ1) is 14.3. The van der Waals surface area contributed by atoms with E-state index in [2.05, 4.69) is 0 Å². The van der Waals surface area contributed by atoms with Crippen LogP contribution >= 0.6 is 11.6 Å². The fourth-order valence-corrected chi connectivity index (χ4v) is 4.48. The number of halogens is 1. The van der Waals surface area contributed by atoms with Crippen molar-refractivity contribution >= 4 is 22.6 Å². The van der Waals surface area contributed by atoms with Crippen LogP contribution in [0.2, 0.25) is 5.02 Å². The van der Waals surface area contributed by atoms with Gasteiger partial charge in [0.05, 0.1) is 23.3 Å². The predicted molar refractivity (Wildman–Crippen MR) is 112 cm³/mol. The Morgan fingerprint density at radius 3 is 2.70 bits per heavy atom. The Bertz CT molecular complexity index is 1250. The number of aromatic hydroxyl groups is 2. The van der Waals surface area contributed by atoms with Gasteiger partial charge in [-0.05, 0) is 38.2 Å². The van der Waals surface area contributed by atoms with Crippen LogP contribution in [0.25, 0.3) is 22.3 Å². The van der Waals surface area contributed by atoms with Crippen LogP contribution in [0.5, 0.6) is 11.5 Å². The monoisotopic (exact) mass is 426 g/mol. The highest BCUT2D eigenvalue weighted by atomic mass is 35.5.